The predicted octanol–water partition coefficient (Wildman–Crippen LogP) is 1.92. The van der Waals surface area contributed by atoms with Gasteiger partial charge in [0.1, 0.15) is 18.0 Å². The molecule has 0 spiro atoms. The molecule has 0 bridgehead atoms. The Hall–Kier alpha value is -2.14. The molecule has 5 heteroatoms. The van der Waals surface area contributed by atoms with Gasteiger partial charge in [0.25, 0.3) is 0 Å². The summed E-state index contributed by atoms with van der Waals surface area (Å²) in [7, 11) is 2.14. The third-order valence-corrected chi connectivity index (χ3v) is 4.91. The minimum Gasteiger partial charge on any atom is -0.378 e. The highest BCUT2D eigenvalue weighted by molar-refractivity contribution is 5.51. The first kappa shape index (κ1) is 14.5. The molecular weight excluding hydrogens is 288 g/mol. The van der Waals surface area contributed by atoms with E-state index in [1.807, 2.05) is 0 Å². The van der Waals surface area contributed by atoms with Crippen LogP contribution in [0, 0.1) is 0 Å². The summed E-state index contributed by atoms with van der Waals surface area (Å²) in [4.78, 5) is 13.5. The minimum atomic E-state index is 0.472. The van der Waals surface area contributed by atoms with Crippen molar-refractivity contribution in [1.29, 1.82) is 0 Å². The van der Waals surface area contributed by atoms with Gasteiger partial charge in [0.2, 0.25) is 0 Å². The third-order valence-electron chi connectivity index (χ3n) is 4.91. The fourth-order valence-electron chi connectivity index (χ4n) is 3.49. The van der Waals surface area contributed by atoms with Gasteiger partial charge >= 0.3 is 0 Å². The molecule has 0 N–H and O–H groups in total. The largest absolute Gasteiger partial charge is 0.378 e. The van der Waals surface area contributed by atoms with E-state index >= 15 is 0 Å². The molecule has 0 atom stereocenters. The molecule has 5 nitrogen and oxygen atoms in total. The summed E-state index contributed by atoms with van der Waals surface area (Å²) in [5.41, 5.74) is 2.93. The number of morpholine rings is 1. The van der Waals surface area contributed by atoms with Crippen LogP contribution in [-0.4, -0.2) is 49.4 Å². The molecule has 1 aliphatic carbocycles. The van der Waals surface area contributed by atoms with E-state index in [0.717, 1.165) is 50.8 Å². The molecule has 1 saturated heterocycles. The Bertz CT molecular complexity index is 659. The zero-order valence-corrected chi connectivity index (χ0v) is 13.5. The maximum Gasteiger partial charge on any atom is 0.134 e. The summed E-state index contributed by atoms with van der Waals surface area (Å²) >= 11 is 0. The zero-order valence-electron chi connectivity index (χ0n) is 13.5. The lowest BCUT2D eigenvalue weighted by Gasteiger charge is -2.30. The maximum atomic E-state index is 5.42. The molecule has 1 fully saturated rings. The Morgan fingerprint density at radius 3 is 2.48 bits per heavy atom. The highest BCUT2D eigenvalue weighted by atomic mass is 16.5. The molecule has 1 aliphatic heterocycles. The van der Waals surface area contributed by atoms with Crippen molar-refractivity contribution in [2.75, 3.05) is 43.2 Å². The predicted molar refractivity (Wildman–Crippen MR) is 91.1 cm³/mol. The Labute approximate surface area is 136 Å². The molecule has 0 radical (unpaired) electrons. The van der Waals surface area contributed by atoms with Crippen LogP contribution in [0.3, 0.4) is 0 Å². The number of hydrogen-bond acceptors (Lipinski definition) is 5. The van der Waals surface area contributed by atoms with Crippen LogP contribution in [0.25, 0.3) is 0 Å². The van der Waals surface area contributed by atoms with Crippen LogP contribution in [0.15, 0.2) is 36.7 Å². The van der Waals surface area contributed by atoms with E-state index in [1.165, 1.54) is 11.1 Å². The lowest BCUT2D eigenvalue weighted by atomic mass is 10.1. The molecule has 2 aromatic rings. The van der Waals surface area contributed by atoms with Gasteiger partial charge in [-0.3, -0.25) is 0 Å². The standard InChI is InChI=1S/C18H22N4O/c1-21(16-10-14-4-2-3-5-15(14)11-16)17-12-18(20-13-19-17)22-6-8-23-9-7-22/h2-5,12-13,16H,6-11H2,1H3. The number of benzene rings is 1. The molecule has 0 unspecified atom stereocenters. The number of anilines is 2. The minimum absolute atomic E-state index is 0.472. The SMILES string of the molecule is CN(c1cc(N2CCOCC2)ncn1)C1Cc2ccccc2C1. The van der Waals surface area contributed by atoms with Crippen molar-refractivity contribution in [3.8, 4) is 0 Å². The summed E-state index contributed by atoms with van der Waals surface area (Å²) in [5, 5.41) is 0. The Morgan fingerprint density at radius 1 is 1.09 bits per heavy atom. The lowest BCUT2D eigenvalue weighted by molar-refractivity contribution is 0.122. The van der Waals surface area contributed by atoms with Crippen molar-refractivity contribution < 1.29 is 4.74 Å². The second-order valence-electron chi connectivity index (χ2n) is 6.28. The van der Waals surface area contributed by atoms with E-state index in [4.69, 9.17) is 4.74 Å². The Morgan fingerprint density at radius 2 is 1.78 bits per heavy atom. The summed E-state index contributed by atoms with van der Waals surface area (Å²) in [5.74, 6) is 2.00. The molecule has 1 aromatic heterocycles. The van der Waals surface area contributed by atoms with Gasteiger partial charge in [-0.2, -0.15) is 0 Å². The van der Waals surface area contributed by atoms with Crippen LogP contribution in [0.5, 0.6) is 0 Å². The third kappa shape index (κ3) is 2.88. The number of hydrogen-bond donors (Lipinski definition) is 0. The van der Waals surface area contributed by atoms with Gasteiger partial charge in [0, 0.05) is 32.2 Å². The van der Waals surface area contributed by atoms with Gasteiger partial charge in [-0.15, -0.1) is 0 Å². The second kappa shape index (κ2) is 6.16. The average molecular weight is 310 g/mol. The highest BCUT2D eigenvalue weighted by Gasteiger charge is 2.25. The summed E-state index contributed by atoms with van der Waals surface area (Å²) in [6.45, 7) is 3.34. The van der Waals surface area contributed by atoms with Crippen LogP contribution >= 0.6 is 0 Å². The van der Waals surface area contributed by atoms with E-state index in [1.54, 1.807) is 6.33 Å². The molecule has 4 rings (SSSR count). The summed E-state index contributed by atoms with van der Waals surface area (Å²) in [6, 6.07) is 11.3. The van der Waals surface area contributed by atoms with Crippen molar-refractivity contribution in [3.63, 3.8) is 0 Å². The van der Waals surface area contributed by atoms with E-state index in [-0.39, 0.29) is 0 Å². The fourth-order valence-corrected chi connectivity index (χ4v) is 3.49. The Balaban J connectivity index is 1.52. The van der Waals surface area contributed by atoms with Crippen LogP contribution in [0.2, 0.25) is 0 Å². The van der Waals surface area contributed by atoms with Gasteiger partial charge in [0.15, 0.2) is 0 Å². The van der Waals surface area contributed by atoms with Crippen molar-refractivity contribution >= 4 is 11.6 Å². The number of rotatable bonds is 3. The van der Waals surface area contributed by atoms with E-state index in [9.17, 15) is 0 Å². The summed E-state index contributed by atoms with van der Waals surface area (Å²) in [6.07, 6.45) is 3.85. The van der Waals surface area contributed by atoms with Gasteiger partial charge in [-0.05, 0) is 24.0 Å². The van der Waals surface area contributed by atoms with Crippen molar-refractivity contribution in [2.24, 2.45) is 0 Å². The van der Waals surface area contributed by atoms with Crippen molar-refractivity contribution in [3.05, 3.63) is 47.8 Å². The van der Waals surface area contributed by atoms with Crippen LogP contribution in [0.4, 0.5) is 11.6 Å². The Kier molecular flexibility index (Phi) is 3.87. The van der Waals surface area contributed by atoms with Gasteiger partial charge < -0.3 is 14.5 Å². The zero-order chi connectivity index (χ0) is 15.6. The fraction of sp³-hybridized carbons (Fsp3) is 0.444. The molecular formula is C18H22N4O. The van der Waals surface area contributed by atoms with Gasteiger partial charge in [-0.1, -0.05) is 24.3 Å². The number of ether oxygens (including phenoxy) is 1. The van der Waals surface area contributed by atoms with E-state index in [2.05, 4.69) is 57.1 Å². The highest BCUT2D eigenvalue weighted by Crippen LogP contribution is 2.28. The number of aromatic nitrogens is 2. The molecule has 120 valence electrons. The van der Waals surface area contributed by atoms with Crippen molar-refractivity contribution in [2.45, 2.75) is 18.9 Å². The lowest BCUT2D eigenvalue weighted by Crippen LogP contribution is -2.37. The van der Waals surface area contributed by atoms with E-state index < -0.39 is 0 Å². The topological polar surface area (TPSA) is 41.5 Å². The molecule has 23 heavy (non-hydrogen) atoms. The molecule has 0 saturated carbocycles. The number of nitrogens with zero attached hydrogens (tertiary/aromatic N) is 4. The van der Waals surface area contributed by atoms with E-state index in [0.29, 0.717) is 6.04 Å². The average Bonchev–Trinajstić information content (AvgIpc) is 3.06. The number of likely N-dealkylation sites (N-methyl/N-ethyl adjacent to an activating group) is 1. The normalized spacial score (nSPS) is 18.0. The van der Waals surface area contributed by atoms with Gasteiger partial charge in [0.05, 0.1) is 13.2 Å². The first-order valence-corrected chi connectivity index (χ1v) is 8.25. The summed E-state index contributed by atoms with van der Waals surface area (Å²) < 4.78 is 5.42. The van der Waals surface area contributed by atoms with Crippen LogP contribution in [-0.2, 0) is 17.6 Å². The van der Waals surface area contributed by atoms with Gasteiger partial charge in [-0.25, -0.2) is 9.97 Å². The smallest absolute Gasteiger partial charge is 0.134 e. The molecule has 2 heterocycles. The second-order valence-corrected chi connectivity index (χ2v) is 6.28. The number of fused-ring (bicyclic) bond motifs is 1. The van der Waals surface area contributed by atoms with Crippen LogP contribution < -0.4 is 9.80 Å². The first-order chi connectivity index (χ1) is 11.3. The van der Waals surface area contributed by atoms with Crippen LogP contribution in [0.1, 0.15) is 11.1 Å². The molecule has 0 amide bonds. The molecule has 2 aliphatic rings. The molecule has 1 aromatic carbocycles. The monoisotopic (exact) mass is 310 g/mol. The first-order valence-electron chi connectivity index (χ1n) is 8.25. The van der Waals surface area contributed by atoms with Crippen molar-refractivity contribution in [1.82, 2.24) is 9.97 Å². The maximum absolute atomic E-state index is 5.42. The quantitative estimate of drug-likeness (QED) is 0.866.